The molecule has 0 spiro atoms. The normalized spacial score (nSPS) is 36.2. The highest BCUT2D eigenvalue weighted by Crippen LogP contribution is 2.29. The summed E-state index contributed by atoms with van der Waals surface area (Å²) in [6.07, 6.45) is 7.39. The number of piperazine rings is 2. The number of carbonyl (C=O) groups is 3. The topological polar surface area (TPSA) is 97.0 Å². The van der Waals surface area contributed by atoms with Gasteiger partial charge in [0.2, 0.25) is 17.7 Å². The number of fused-ring (bicyclic) bond motifs is 1. The molecule has 10 heteroatoms. The summed E-state index contributed by atoms with van der Waals surface area (Å²) in [7, 11) is 0. The van der Waals surface area contributed by atoms with Gasteiger partial charge in [0.25, 0.3) is 0 Å². The van der Waals surface area contributed by atoms with Gasteiger partial charge in [0.1, 0.15) is 6.17 Å². The van der Waals surface area contributed by atoms with E-state index < -0.39 is 6.17 Å². The molecule has 5 fully saturated rings. The van der Waals surface area contributed by atoms with Gasteiger partial charge in [-0.15, -0.1) is 0 Å². The van der Waals surface area contributed by atoms with Gasteiger partial charge in [-0.2, -0.15) is 0 Å². The van der Waals surface area contributed by atoms with E-state index in [1.165, 1.54) is 19.3 Å². The van der Waals surface area contributed by atoms with Crippen molar-refractivity contribution in [1.29, 1.82) is 0 Å². The first-order valence-corrected chi connectivity index (χ1v) is 14.2. The van der Waals surface area contributed by atoms with Gasteiger partial charge < -0.3 is 20.9 Å². The molecule has 1 aliphatic carbocycles. The first-order valence-electron chi connectivity index (χ1n) is 14.2. The van der Waals surface area contributed by atoms with Crippen molar-refractivity contribution in [2.24, 2.45) is 5.92 Å². The molecule has 4 aliphatic heterocycles. The summed E-state index contributed by atoms with van der Waals surface area (Å²) >= 11 is 0. The molecular formula is C26H43FN6O3. The van der Waals surface area contributed by atoms with Crippen LogP contribution in [0.1, 0.15) is 64.2 Å². The summed E-state index contributed by atoms with van der Waals surface area (Å²) < 4.78 is 13.8. The molecule has 0 aromatic carbocycles. The molecule has 4 heterocycles. The molecule has 5 aliphatic rings. The maximum absolute atomic E-state index is 13.8. The molecule has 0 radical (unpaired) electrons. The number of nitrogens with one attached hydrogen (secondary N) is 3. The highest BCUT2D eigenvalue weighted by Gasteiger charge is 2.44. The average Bonchev–Trinajstić information content (AvgIpc) is 3.33. The van der Waals surface area contributed by atoms with Crippen molar-refractivity contribution < 1.29 is 18.8 Å². The first-order chi connectivity index (χ1) is 17.5. The van der Waals surface area contributed by atoms with E-state index in [0.717, 1.165) is 45.6 Å². The Hall–Kier alpha value is -1.78. The zero-order chi connectivity index (χ0) is 25.1. The second-order valence-electron chi connectivity index (χ2n) is 11.4. The van der Waals surface area contributed by atoms with Crippen LogP contribution in [0.5, 0.6) is 0 Å². The Kier molecular flexibility index (Phi) is 8.42. The molecule has 5 rings (SSSR count). The van der Waals surface area contributed by atoms with E-state index in [1.807, 2.05) is 4.90 Å². The Balaban J connectivity index is 1.08. The van der Waals surface area contributed by atoms with Gasteiger partial charge in [-0.1, -0.05) is 0 Å². The molecule has 4 saturated heterocycles. The Labute approximate surface area is 213 Å². The summed E-state index contributed by atoms with van der Waals surface area (Å²) in [6, 6.07) is -0.279. The van der Waals surface area contributed by atoms with Crippen molar-refractivity contribution in [2.45, 2.75) is 94.7 Å². The van der Waals surface area contributed by atoms with Crippen LogP contribution in [-0.4, -0.2) is 109 Å². The zero-order valence-corrected chi connectivity index (χ0v) is 21.4. The summed E-state index contributed by atoms with van der Waals surface area (Å²) in [5.74, 6) is -0.134. The van der Waals surface area contributed by atoms with Gasteiger partial charge in [-0.05, 0) is 64.3 Å². The van der Waals surface area contributed by atoms with Gasteiger partial charge in [0.05, 0.1) is 12.2 Å². The predicted molar refractivity (Wildman–Crippen MR) is 134 cm³/mol. The molecule has 1 saturated carbocycles. The standard InChI is InChI=1S/C26H43FN6O3/c27-19-5-3-4-18(14-19)25(35)30-20-15-22-26(36)29-16-21(33(22)17-20)7-8-24(34)32-12-10-31(11-13-32)23-6-1-2-9-28-23/h18-23,28H,1-17H2,(H,29,36)(H,30,35)/t18?,19?,20-,21+,22-,23?/m0/s1. The molecule has 0 aromatic heterocycles. The van der Waals surface area contributed by atoms with E-state index in [4.69, 9.17) is 0 Å². The lowest BCUT2D eigenvalue weighted by Crippen LogP contribution is -2.58. The van der Waals surface area contributed by atoms with Crippen LogP contribution < -0.4 is 16.0 Å². The quantitative estimate of drug-likeness (QED) is 0.488. The zero-order valence-electron chi connectivity index (χ0n) is 21.4. The largest absolute Gasteiger partial charge is 0.353 e. The van der Waals surface area contributed by atoms with Crippen LogP contribution >= 0.6 is 0 Å². The lowest BCUT2D eigenvalue weighted by Gasteiger charge is -2.41. The maximum atomic E-state index is 13.8. The third kappa shape index (κ3) is 6.02. The number of amides is 3. The van der Waals surface area contributed by atoms with Crippen LogP contribution in [0.15, 0.2) is 0 Å². The van der Waals surface area contributed by atoms with Crippen molar-refractivity contribution in [2.75, 3.05) is 45.8 Å². The van der Waals surface area contributed by atoms with E-state index >= 15 is 0 Å². The summed E-state index contributed by atoms with van der Waals surface area (Å²) in [4.78, 5) is 44.9. The first kappa shape index (κ1) is 25.9. The SMILES string of the molecule is O=C(N[C@H]1C[C@H]2C(=O)NC[C@@H](CCC(=O)N3CCN(C4CCCCN4)CC3)N2C1)C1CCCC(F)C1. The molecule has 202 valence electrons. The number of carbonyl (C=O) groups excluding carboxylic acids is 3. The van der Waals surface area contributed by atoms with Crippen LogP contribution in [0.25, 0.3) is 0 Å². The molecule has 3 unspecified atom stereocenters. The van der Waals surface area contributed by atoms with Gasteiger partial charge in [0, 0.05) is 63.7 Å². The number of piperidine rings is 1. The van der Waals surface area contributed by atoms with Crippen LogP contribution in [0, 0.1) is 5.92 Å². The van der Waals surface area contributed by atoms with Crippen LogP contribution in [-0.2, 0) is 14.4 Å². The minimum atomic E-state index is -0.885. The number of alkyl halides is 1. The smallest absolute Gasteiger partial charge is 0.237 e. The molecule has 9 nitrogen and oxygen atoms in total. The lowest BCUT2D eigenvalue weighted by atomic mass is 9.87. The molecule has 3 amide bonds. The lowest BCUT2D eigenvalue weighted by molar-refractivity contribution is -0.134. The van der Waals surface area contributed by atoms with Crippen LogP contribution in [0.4, 0.5) is 4.39 Å². The van der Waals surface area contributed by atoms with Gasteiger partial charge in [-0.25, -0.2) is 4.39 Å². The highest BCUT2D eigenvalue weighted by molar-refractivity contribution is 5.84. The predicted octanol–water partition coefficient (Wildman–Crippen LogP) is 0.596. The van der Waals surface area contributed by atoms with E-state index in [9.17, 15) is 18.8 Å². The van der Waals surface area contributed by atoms with E-state index in [2.05, 4.69) is 25.8 Å². The summed E-state index contributed by atoms with van der Waals surface area (Å²) in [6.45, 7) is 5.63. The number of hydrogen-bond donors (Lipinski definition) is 3. The Morgan fingerprint density at radius 1 is 1.03 bits per heavy atom. The second kappa shape index (κ2) is 11.7. The number of rotatable bonds is 6. The van der Waals surface area contributed by atoms with E-state index in [0.29, 0.717) is 51.4 Å². The average molecular weight is 507 g/mol. The van der Waals surface area contributed by atoms with Gasteiger partial charge in [-0.3, -0.25) is 24.2 Å². The fraction of sp³-hybridized carbons (Fsp3) is 0.885. The Bertz CT molecular complexity index is 801. The minimum absolute atomic E-state index is 0.00302. The molecule has 36 heavy (non-hydrogen) atoms. The van der Waals surface area contributed by atoms with E-state index in [-0.39, 0.29) is 41.8 Å². The summed E-state index contributed by atoms with van der Waals surface area (Å²) in [5.41, 5.74) is 0. The van der Waals surface area contributed by atoms with E-state index in [1.54, 1.807) is 0 Å². The molecule has 3 N–H and O–H groups in total. The van der Waals surface area contributed by atoms with Crippen molar-refractivity contribution in [3.8, 4) is 0 Å². The van der Waals surface area contributed by atoms with Crippen molar-refractivity contribution >= 4 is 17.7 Å². The minimum Gasteiger partial charge on any atom is -0.353 e. The number of hydrogen-bond acceptors (Lipinski definition) is 6. The third-order valence-corrected chi connectivity index (χ3v) is 9.03. The molecular weight excluding hydrogens is 463 g/mol. The second-order valence-corrected chi connectivity index (χ2v) is 11.4. The number of nitrogens with zero attached hydrogens (tertiary/aromatic N) is 3. The molecule has 6 atom stereocenters. The third-order valence-electron chi connectivity index (χ3n) is 9.03. The van der Waals surface area contributed by atoms with Gasteiger partial charge >= 0.3 is 0 Å². The summed E-state index contributed by atoms with van der Waals surface area (Å²) in [5, 5.41) is 9.71. The fourth-order valence-electron chi connectivity index (χ4n) is 6.91. The van der Waals surface area contributed by atoms with Crippen LogP contribution in [0.3, 0.4) is 0 Å². The Morgan fingerprint density at radius 3 is 2.61 bits per heavy atom. The molecule has 0 bridgehead atoms. The molecule has 0 aromatic rings. The van der Waals surface area contributed by atoms with Crippen LogP contribution in [0.2, 0.25) is 0 Å². The van der Waals surface area contributed by atoms with Crippen molar-refractivity contribution in [3.05, 3.63) is 0 Å². The van der Waals surface area contributed by atoms with Crippen molar-refractivity contribution in [1.82, 2.24) is 30.7 Å². The fourth-order valence-corrected chi connectivity index (χ4v) is 6.91. The van der Waals surface area contributed by atoms with Crippen molar-refractivity contribution in [3.63, 3.8) is 0 Å². The maximum Gasteiger partial charge on any atom is 0.237 e. The monoisotopic (exact) mass is 506 g/mol. The van der Waals surface area contributed by atoms with Gasteiger partial charge in [0.15, 0.2) is 0 Å². The Morgan fingerprint density at radius 2 is 1.86 bits per heavy atom. The highest BCUT2D eigenvalue weighted by atomic mass is 19.1. The number of halogens is 1.